The zero-order chi connectivity index (χ0) is 15.8. The fourth-order valence-electron chi connectivity index (χ4n) is 1.66. The zero-order valence-electron chi connectivity index (χ0n) is 12.4. The van der Waals surface area contributed by atoms with E-state index in [1.165, 1.54) is 25.3 Å². The first-order chi connectivity index (χ1) is 9.95. The van der Waals surface area contributed by atoms with Crippen LogP contribution < -0.4 is 5.32 Å². The van der Waals surface area contributed by atoms with Gasteiger partial charge in [-0.3, -0.25) is 10.1 Å². The van der Waals surface area contributed by atoms with Gasteiger partial charge in [-0.25, -0.2) is 4.79 Å². The smallest absolute Gasteiger partial charge is 0.337 e. The topological polar surface area (TPSA) is 90.7 Å². The summed E-state index contributed by atoms with van der Waals surface area (Å²) in [6, 6.07) is 4.06. The largest absolute Gasteiger partial charge is 0.465 e. The summed E-state index contributed by atoms with van der Waals surface area (Å²) in [6.45, 7) is 5.55. The normalized spacial score (nSPS) is 10.5. The number of anilines is 1. The van der Waals surface area contributed by atoms with Crippen molar-refractivity contribution < 1.29 is 19.2 Å². The van der Waals surface area contributed by atoms with Gasteiger partial charge >= 0.3 is 5.97 Å². The summed E-state index contributed by atoms with van der Waals surface area (Å²) in [5.74, 6) is -0.106. The van der Waals surface area contributed by atoms with E-state index in [9.17, 15) is 14.9 Å². The number of methoxy groups -OCH3 is 1. The van der Waals surface area contributed by atoms with E-state index >= 15 is 0 Å². The van der Waals surface area contributed by atoms with Crippen LogP contribution in [-0.2, 0) is 9.47 Å². The third-order valence-corrected chi connectivity index (χ3v) is 2.63. The number of benzene rings is 1. The van der Waals surface area contributed by atoms with Crippen molar-refractivity contribution in [2.75, 3.05) is 32.2 Å². The van der Waals surface area contributed by atoms with Crippen molar-refractivity contribution in [3.63, 3.8) is 0 Å². The minimum atomic E-state index is -0.538. The Kier molecular flexibility index (Phi) is 6.61. The van der Waals surface area contributed by atoms with E-state index in [0.717, 1.165) is 0 Å². The highest BCUT2D eigenvalue weighted by atomic mass is 16.6. The van der Waals surface area contributed by atoms with Gasteiger partial charge in [-0.1, -0.05) is 13.8 Å². The number of nitrogens with one attached hydrogen (secondary N) is 1. The van der Waals surface area contributed by atoms with Gasteiger partial charge in [-0.15, -0.1) is 0 Å². The molecule has 0 aliphatic carbocycles. The molecule has 1 N–H and O–H groups in total. The maximum Gasteiger partial charge on any atom is 0.337 e. The number of carbonyl (C=O) groups is 1. The van der Waals surface area contributed by atoms with E-state index in [1.54, 1.807) is 0 Å². The first-order valence-electron chi connectivity index (χ1n) is 6.64. The number of carbonyl (C=O) groups excluding carboxylic acids is 1. The van der Waals surface area contributed by atoms with Crippen LogP contribution in [0.3, 0.4) is 0 Å². The molecule has 21 heavy (non-hydrogen) atoms. The molecule has 0 heterocycles. The van der Waals surface area contributed by atoms with Gasteiger partial charge in [0.05, 0.1) is 24.2 Å². The molecule has 0 atom stereocenters. The van der Waals surface area contributed by atoms with E-state index in [2.05, 4.69) is 10.1 Å². The second-order valence-electron chi connectivity index (χ2n) is 4.88. The molecule has 0 unspecified atom stereocenters. The van der Waals surface area contributed by atoms with Crippen LogP contribution in [0.1, 0.15) is 24.2 Å². The van der Waals surface area contributed by atoms with Gasteiger partial charge in [0.25, 0.3) is 5.69 Å². The summed E-state index contributed by atoms with van der Waals surface area (Å²) in [5, 5.41) is 13.9. The minimum Gasteiger partial charge on any atom is -0.465 e. The van der Waals surface area contributed by atoms with Gasteiger partial charge in [0, 0.05) is 19.2 Å². The molecule has 7 nitrogen and oxygen atoms in total. The second-order valence-corrected chi connectivity index (χ2v) is 4.88. The number of nitro benzene ring substituents is 1. The third kappa shape index (κ3) is 5.39. The van der Waals surface area contributed by atoms with Crippen molar-refractivity contribution in [2.24, 2.45) is 5.92 Å². The Morgan fingerprint density at radius 1 is 1.43 bits per heavy atom. The van der Waals surface area contributed by atoms with Crippen LogP contribution in [0.15, 0.2) is 18.2 Å². The molecule has 0 aliphatic rings. The quantitative estimate of drug-likeness (QED) is 0.343. The Labute approximate surface area is 123 Å². The van der Waals surface area contributed by atoms with Gasteiger partial charge in [0.15, 0.2) is 0 Å². The van der Waals surface area contributed by atoms with Gasteiger partial charge in [-0.2, -0.15) is 0 Å². The number of esters is 1. The van der Waals surface area contributed by atoms with Crippen molar-refractivity contribution in [1.82, 2.24) is 0 Å². The second kappa shape index (κ2) is 8.21. The van der Waals surface area contributed by atoms with Crippen LogP contribution in [0.4, 0.5) is 11.4 Å². The Hall–Kier alpha value is -2.15. The molecule has 7 heteroatoms. The summed E-state index contributed by atoms with van der Waals surface area (Å²) < 4.78 is 9.99. The lowest BCUT2D eigenvalue weighted by atomic mass is 10.1. The predicted molar refractivity (Wildman–Crippen MR) is 78.6 cm³/mol. The molecule has 0 aliphatic heterocycles. The molecule has 0 aromatic heterocycles. The molecule has 0 fully saturated rings. The molecule has 0 spiro atoms. The first-order valence-corrected chi connectivity index (χ1v) is 6.64. The summed E-state index contributed by atoms with van der Waals surface area (Å²) in [5.41, 5.74) is 0.441. The molecule has 0 bridgehead atoms. The number of hydrogen-bond donors (Lipinski definition) is 1. The van der Waals surface area contributed by atoms with Crippen LogP contribution in [-0.4, -0.2) is 37.8 Å². The van der Waals surface area contributed by atoms with E-state index in [1.807, 2.05) is 13.8 Å². The summed E-state index contributed by atoms with van der Waals surface area (Å²) in [6.07, 6.45) is 0. The number of nitro groups is 1. The highest BCUT2D eigenvalue weighted by Crippen LogP contribution is 2.25. The van der Waals surface area contributed by atoms with Crippen LogP contribution in [0, 0.1) is 16.0 Å². The van der Waals surface area contributed by atoms with Gasteiger partial charge in [0.2, 0.25) is 0 Å². The standard InChI is InChI=1S/C14H20N2O5/c1-10(2)9-21-7-6-15-12-8-11(14(17)20-3)4-5-13(12)16(18)19/h4-5,8,10,15H,6-7,9H2,1-3H3. The SMILES string of the molecule is COC(=O)c1ccc([N+](=O)[O-])c(NCCOCC(C)C)c1. The van der Waals surface area contributed by atoms with E-state index in [-0.39, 0.29) is 16.9 Å². The molecule has 0 saturated heterocycles. The molecular weight excluding hydrogens is 276 g/mol. The molecule has 0 amide bonds. The minimum absolute atomic E-state index is 0.0912. The lowest BCUT2D eigenvalue weighted by Gasteiger charge is -2.10. The number of hydrogen-bond acceptors (Lipinski definition) is 6. The monoisotopic (exact) mass is 296 g/mol. The molecule has 116 valence electrons. The van der Waals surface area contributed by atoms with Crippen molar-refractivity contribution in [3.05, 3.63) is 33.9 Å². The third-order valence-electron chi connectivity index (χ3n) is 2.63. The fraction of sp³-hybridized carbons (Fsp3) is 0.500. The van der Waals surface area contributed by atoms with Crippen LogP contribution in [0.2, 0.25) is 0 Å². The molecule has 1 rings (SSSR count). The van der Waals surface area contributed by atoms with E-state index < -0.39 is 10.9 Å². The molecular formula is C14H20N2O5. The number of nitrogens with zero attached hydrogens (tertiary/aromatic N) is 1. The predicted octanol–water partition coefficient (Wildman–Crippen LogP) is 2.47. The summed E-state index contributed by atoms with van der Waals surface area (Å²) in [4.78, 5) is 21.9. The highest BCUT2D eigenvalue weighted by molar-refractivity contribution is 5.91. The maximum atomic E-state index is 11.5. The number of ether oxygens (including phenoxy) is 2. The maximum absolute atomic E-state index is 11.5. The van der Waals surface area contributed by atoms with Crippen molar-refractivity contribution in [1.29, 1.82) is 0 Å². The van der Waals surface area contributed by atoms with Gasteiger partial charge in [0.1, 0.15) is 5.69 Å². The Bertz CT molecular complexity index is 502. The highest BCUT2D eigenvalue weighted by Gasteiger charge is 2.16. The lowest BCUT2D eigenvalue weighted by molar-refractivity contribution is -0.384. The fourth-order valence-corrected chi connectivity index (χ4v) is 1.66. The Balaban J connectivity index is 2.72. The van der Waals surface area contributed by atoms with Crippen LogP contribution in [0.25, 0.3) is 0 Å². The van der Waals surface area contributed by atoms with E-state index in [0.29, 0.717) is 25.7 Å². The molecule has 0 radical (unpaired) electrons. The van der Waals surface area contributed by atoms with Gasteiger partial charge < -0.3 is 14.8 Å². The Morgan fingerprint density at radius 2 is 2.14 bits per heavy atom. The lowest BCUT2D eigenvalue weighted by Crippen LogP contribution is -2.13. The van der Waals surface area contributed by atoms with Gasteiger partial charge in [-0.05, 0) is 18.1 Å². The molecule has 0 saturated carbocycles. The van der Waals surface area contributed by atoms with Crippen LogP contribution in [0.5, 0.6) is 0 Å². The molecule has 1 aromatic rings. The van der Waals surface area contributed by atoms with Crippen molar-refractivity contribution >= 4 is 17.3 Å². The average Bonchev–Trinajstić information content (AvgIpc) is 2.45. The van der Waals surface area contributed by atoms with E-state index in [4.69, 9.17) is 4.74 Å². The average molecular weight is 296 g/mol. The first kappa shape index (κ1) is 16.9. The Morgan fingerprint density at radius 3 is 2.71 bits per heavy atom. The zero-order valence-corrected chi connectivity index (χ0v) is 12.4. The molecule has 1 aromatic carbocycles. The number of rotatable bonds is 8. The summed E-state index contributed by atoms with van der Waals surface area (Å²) in [7, 11) is 1.26. The summed E-state index contributed by atoms with van der Waals surface area (Å²) >= 11 is 0. The van der Waals surface area contributed by atoms with Crippen LogP contribution >= 0.6 is 0 Å². The van der Waals surface area contributed by atoms with Crippen molar-refractivity contribution in [3.8, 4) is 0 Å². The van der Waals surface area contributed by atoms with Crippen molar-refractivity contribution in [2.45, 2.75) is 13.8 Å².